The van der Waals surface area contributed by atoms with Crippen molar-refractivity contribution in [1.29, 1.82) is 0 Å². The van der Waals surface area contributed by atoms with E-state index in [4.69, 9.17) is 4.74 Å². The molecule has 110 valence electrons. The lowest BCUT2D eigenvalue weighted by molar-refractivity contribution is -0.385. The van der Waals surface area contributed by atoms with Crippen LogP contribution in [0.2, 0.25) is 0 Å². The van der Waals surface area contributed by atoms with Gasteiger partial charge in [0.2, 0.25) is 0 Å². The number of methoxy groups -OCH3 is 1. The van der Waals surface area contributed by atoms with E-state index >= 15 is 0 Å². The third-order valence-electron chi connectivity index (χ3n) is 2.87. The van der Waals surface area contributed by atoms with Crippen molar-refractivity contribution in [2.75, 3.05) is 7.11 Å². The molecule has 7 heteroatoms. The molecular weight excluding hydrogens is 328 g/mol. The molecule has 0 saturated carbocycles. The smallest absolute Gasteiger partial charge is 0.323 e. The lowest BCUT2D eigenvalue weighted by Gasteiger charge is -2.19. The van der Waals surface area contributed by atoms with E-state index in [9.17, 15) is 14.9 Å². The maximum atomic E-state index is 11.6. The molecule has 0 aliphatic carbocycles. The van der Waals surface area contributed by atoms with E-state index in [2.05, 4.69) is 21.2 Å². The highest BCUT2D eigenvalue weighted by molar-refractivity contribution is 9.10. The van der Waals surface area contributed by atoms with Gasteiger partial charge in [-0.2, -0.15) is 0 Å². The molecule has 0 aliphatic rings. The van der Waals surface area contributed by atoms with Crippen molar-refractivity contribution in [1.82, 2.24) is 5.32 Å². The van der Waals surface area contributed by atoms with Crippen LogP contribution in [-0.2, 0) is 16.1 Å². The summed E-state index contributed by atoms with van der Waals surface area (Å²) in [7, 11) is 1.32. The van der Waals surface area contributed by atoms with Gasteiger partial charge in [-0.3, -0.25) is 20.2 Å². The Morgan fingerprint density at radius 3 is 2.65 bits per heavy atom. The fourth-order valence-electron chi connectivity index (χ4n) is 1.81. The second kappa shape index (κ2) is 7.35. The number of benzene rings is 1. The van der Waals surface area contributed by atoms with Crippen molar-refractivity contribution in [2.45, 2.75) is 26.4 Å². The van der Waals surface area contributed by atoms with Gasteiger partial charge in [0.05, 0.1) is 12.0 Å². The average Bonchev–Trinajstić information content (AvgIpc) is 2.37. The molecule has 0 aromatic heterocycles. The van der Waals surface area contributed by atoms with Crippen molar-refractivity contribution >= 4 is 27.6 Å². The van der Waals surface area contributed by atoms with Crippen molar-refractivity contribution < 1.29 is 14.5 Å². The van der Waals surface area contributed by atoms with E-state index in [1.807, 2.05) is 13.8 Å². The van der Waals surface area contributed by atoms with E-state index in [-0.39, 0.29) is 24.1 Å². The van der Waals surface area contributed by atoms with E-state index in [1.54, 1.807) is 12.1 Å². The summed E-state index contributed by atoms with van der Waals surface area (Å²) < 4.78 is 5.47. The van der Waals surface area contributed by atoms with Crippen molar-refractivity contribution in [3.8, 4) is 0 Å². The largest absolute Gasteiger partial charge is 0.468 e. The van der Waals surface area contributed by atoms with Crippen LogP contribution in [0.1, 0.15) is 19.4 Å². The standard InChI is InChI=1S/C13H17BrN2O4/c1-8(2)12(13(17)20-3)15-7-9-6-10(14)4-5-11(9)16(18)19/h4-6,8,12,15H,7H2,1-3H3. The number of hydrogen-bond donors (Lipinski definition) is 1. The van der Waals surface area contributed by atoms with Gasteiger partial charge >= 0.3 is 5.97 Å². The van der Waals surface area contributed by atoms with Crippen LogP contribution in [-0.4, -0.2) is 24.0 Å². The van der Waals surface area contributed by atoms with Crippen LogP contribution in [0, 0.1) is 16.0 Å². The Balaban J connectivity index is 2.90. The van der Waals surface area contributed by atoms with Crippen LogP contribution in [0.25, 0.3) is 0 Å². The summed E-state index contributed by atoms with van der Waals surface area (Å²) in [5.74, 6) is -0.355. The number of hydrogen-bond acceptors (Lipinski definition) is 5. The lowest BCUT2D eigenvalue weighted by Crippen LogP contribution is -2.41. The molecule has 1 aromatic carbocycles. The predicted molar refractivity (Wildman–Crippen MR) is 78.3 cm³/mol. The van der Waals surface area contributed by atoms with Crippen LogP contribution in [0.3, 0.4) is 0 Å². The van der Waals surface area contributed by atoms with Crippen LogP contribution < -0.4 is 5.32 Å². The third-order valence-corrected chi connectivity index (χ3v) is 3.37. The van der Waals surface area contributed by atoms with Crippen LogP contribution in [0.15, 0.2) is 22.7 Å². The second-order valence-corrected chi connectivity index (χ2v) is 5.57. The van der Waals surface area contributed by atoms with Gasteiger partial charge in [-0.15, -0.1) is 0 Å². The summed E-state index contributed by atoms with van der Waals surface area (Å²) in [5.41, 5.74) is 0.534. The maximum absolute atomic E-state index is 11.6. The zero-order valence-electron chi connectivity index (χ0n) is 11.6. The topological polar surface area (TPSA) is 81.5 Å². The normalized spacial score (nSPS) is 12.2. The van der Waals surface area contributed by atoms with Gasteiger partial charge in [0.15, 0.2) is 0 Å². The summed E-state index contributed by atoms with van der Waals surface area (Å²) in [6.07, 6.45) is 0. The second-order valence-electron chi connectivity index (χ2n) is 4.66. The molecule has 0 aliphatic heterocycles. The van der Waals surface area contributed by atoms with Gasteiger partial charge in [-0.25, -0.2) is 0 Å². The fraction of sp³-hybridized carbons (Fsp3) is 0.462. The maximum Gasteiger partial charge on any atom is 0.323 e. The number of carbonyl (C=O) groups excluding carboxylic acids is 1. The number of nitrogens with zero attached hydrogens (tertiary/aromatic N) is 1. The molecule has 0 heterocycles. The Bertz CT molecular complexity index is 505. The van der Waals surface area contributed by atoms with Gasteiger partial charge in [-0.1, -0.05) is 29.8 Å². The molecule has 6 nitrogen and oxygen atoms in total. The minimum absolute atomic E-state index is 0.0214. The van der Waals surface area contributed by atoms with Crippen LogP contribution >= 0.6 is 15.9 Å². The molecule has 0 spiro atoms. The molecule has 1 aromatic rings. The van der Waals surface area contributed by atoms with Crippen molar-refractivity contribution in [2.24, 2.45) is 5.92 Å². The summed E-state index contributed by atoms with van der Waals surface area (Å²) in [6.45, 7) is 3.97. The first-order valence-corrected chi connectivity index (χ1v) is 6.90. The molecule has 0 radical (unpaired) electrons. The molecular formula is C13H17BrN2O4. The van der Waals surface area contributed by atoms with E-state index in [0.29, 0.717) is 5.56 Å². The van der Waals surface area contributed by atoms with E-state index in [0.717, 1.165) is 4.47 Å². The summed E-state index contributed by atoms with van der Waals surface area (Å²) in [6, 6.07) is 4.21. The molecule has 1 N–H and O–H groups in total. The fourth-order valence-corrected chi connectivity index (χ4v) is 2.22. The third kappa shape index (κ3) is 4.28. The summed E-state index contributed by atoms with van der Waals surface area (Å²) in [5, 5.41) is 14.0. The number of nitro benzene ring substituents is 1. The number of ether oxygens (including phenoxy) is 1. The first-order chi connectivity index (χ1) is 9.36. The van der Waals surface area contributed by atoms with Gasteiger partial charge in [0.1, 0.15) is 6.04 Å². The number of rotatable bonds is 6. The first kappa shape index (κ1) is 16.6. The minimum Gasteiger partial charge on any atom is -0.468 e. The number of nitrogens with one attached hydrogen (secondary N) is 1. The van der Waals surface area contributed by atoms with Crippen LogP contribution in [0.5, 0.6) is 0 Å². The van der Waals surface area contributed by atoms with Crippen molar-refractivity contribution in [3.05, 3.63) is 38.3 Å². The highest BCUT2D eigenvalue weighted by Crippen LogP contribution is 2.23. The molecule has 1 unspecified atom stereocenters. The van der Waals surface area contributed by atoms with Crippen LogP contribution in [0.4, 0.5) is 5.69 Å². The zero-order chi connectivity index (χ0) is 15.3. The van der Waals surface area contributed by atoms with E-state index < -0.39 is 11.0 Å². The number of nitro groups is 1. The zero-order valence-corrected chi connectivity index (χ0v) is 13.1. The highest BCUT2D eigenvalue weighted by Gasteiger charge is 2.23. The highest BCUT2D eigenvalue weighted by atomic mass is 79.9. The molecule has 0 fully saturated rings. The first-order valence-electron chi connectivity index (χ1n) is 6.10. The van der Waals surface area contributed by atoms with Gasteiger partial charge < -0.3 is 4.74 Å². The molecule has 0 bridgehead atoms. The van der Waals surface area contributed by atoms with Gasteiger partial charge in [0, 0.05) is 22.6 Å². The summed E-state index contributed by atoms with van der Waals surface area (Å²) in [4.78, 5) is 22.2. The number of esters is 1. The Kier molecular flexibility index (Phi) is 6.09. The van der Waals surface area contributed by atoms with E-state index in [1.165, 1.54) is 13.2 Å². The van der Waals surface area contributed by atoms with Gasteiger partial charge in [0.25, 0.3) is 5.69 Å². The SMILES string of the molecule is COC(=O)C(NCc1cc(Br)ccc1[N+](=O)[O-])C(C)C. The number of carbonyl (C=O) groups is 1. The summed E-state index contributed by atoms with van der Waals surface area (Å²) >= 11 is 3.28. The average molecular weight is 345 g/mol. The Morgan fingerprint density at radius 2 is 2.15 bits per heavy atom. The minimum atomic E-state index is -0.501. The molecule has 0 amide bonds. The molecule has 1 atom stereocenters. The predicted octanol–water partition coefficient (Wildman–Crippen LogP) is 2.64. The Labute approximate surface area is 125 Å². The lowest BCUT2D eigenvalue weighted by atomic mass is 10.0. The molecule has 20 heavy (non-hydrogen) atoms. The van der Waals surface area contributed by atoms with Gasteiger partial charge in [-0.05, 0) is 18.1 Å². The number of halogens is 1. The molecule has 0 saturated heterocycles. The quantitative estimate of drug-likeness (QED) is 0.487. The van der Waals surface area contributed by atoms with Crippen molar-refractivity contribution in [3.63, 3.8) is 0 Å². The Morgan fingerprint density at radius 1 is 1.50 bits per heavy atom. The molecule has 1 rings (SSSR count). The Hall–Kier alpha value is -1.47. The monoisotopic (exact) mass is 344 g/mol.